The molecule has 0 amide bonds. The number of hydrogen-bond donors (Lipinski definition) is 1. The topological polar surface area (TPSA) is 100 Å². The summed E-state index contributed by atoms with van der Waals surface area (Å²) < 4.78 is 27.7. The minimum Gasteiger partial charge on any atom is -0.285 e. The Hall–Kier alpha value is -2.87. The normalized spacial score (nSPS) is 13.6. The summed E-state index contributed by atoms with van der Waals surface area (Å²) in [5.74, 6) is -0.493. The molecule has 8 heteroatoms. The molecule has 0 bridgehead atoms. The zero-order chi connectivity index (χ0) is 18.0. The van der Waals surface area contributed by atoms with E-state index in [0.29, 0.717) is 0 Å². The lowest BCUT2D eigenvalue weighted by atomic mass is 10.1. The van der Waals surface area contributed by atoms with Gasteiger partial charge in [-0.15, -0.1) is 5.11 Å². The number of ketones is 1. The molecule has 0 atom stereocenters. The highest BCUT2D eigenvalue weighted by molar-refractivity contribution is 7.92. The second-order valence-corrected chi connectivity index (χ2v) is 7.34. The maximum atomic E-state index is 12.6. The second kappa shape index (κ2) is 6.56. The number of azo groups is 1. The molecule has 128 valence electrons. The van der Waals surface area contributed by atoms with E-state index in [9.17, 15) is 13.2 Å². The Morgan fingerprint density at radius 1 is 1.04 bits per heavy atom. The molecular formula is C17H16N4O3S. The molecule has 2 aromatic carbocycles. The van der Waals surface area contributed by atoms with Gasteiger partial charge >= 0.3 is 0 Å². The molecule has 0 aliphatic carbocycles. The third-order valence-electron chi connectivity index (χ3n) is 3.65. The van der Waals surface area contributed by atoms with Crippen molar-refractivity contribution in [2.24, 2.45) is 15.2 Å². The van der Waals surface area contributed by atoms with Gasteiger partial charge in [-0.3, -0.25) is 9.52 Å². The van der Waals surface area contributed by atoms with Crippen LogP contribution in [0.5, 0.6) is 0 Å². The van der Waals surface area contributed by atoms with Gasteiger partial charge in [-0.25, -0.2) is 13.4 Å². The fraction of sp³-hybridized carbons (Fsp3) is 0.176. The fourth-order valence-corrected chi connectivity index (χ4v) is 3.40. The van der Waals surface area contributed by atoms with Crippen molar-refractivity contribution in [1.29, 1.82) is 0 Å². The van der Waals surface area contributed by atoms with Crippen molar-refractivity contribution in [1.82, 2.24) is 0 Å². The molecule has 0 aromatic heterocycles. The molecule has 1 aliphatic rings. The van der Waals surface area contributed by atoms with Crippen molar-refractivity contribution >= 4 is 27.3 Å². The first-order valence-electron chi connectivity index (χ1n) is 7.53. The largest absolute Gasteiger partial charge is 0.285 e. The predicted octanol–water partition coefficient (Wildman–Crippen LogP) is 3.11. The Bertz CT molecular complexity index is 993. The van der Waals surface area contributed by atoms with Crippen molar-refractivity contribution in [3.63, 3.8) is 0 Å². The van der Waals surface area contributed by atoms with Crippen molar-refractivity contribution in [2.45, 2.75) is 18.7 Å². The molecule has 0 saturated carbocycles. The van der Waals surface area contributed by atoms with Crippen molar-refractivity contribution in [3.8, 4) is 0 Å². The lowest BCUT2D eigenvalue weighted by molar-refractivity contribution is 0.106. The van der Waals surface area contributed by atoms with Gasteiger partial charge in [0.2, 0.25) is 11.6 Å². The summed E-state index contributed by atoms with van der Waals surface area (Å²) in [6.45, 7) is 3.79. The number of hydrogen-bond acceptors (Lipinski definition) is 6. The van der Waals surface area contributed by atoms with E-state index in [0.717, 1.165) is 11.1 Å². The van der Waals surface area contributed by atoms with Gasteiger partial charge < -0.3 is 0 Å². The van der Waals surface area contributed by atoms with Crippen LogP contribution in [0.3, 0.4) is 0 Å². The van der Waals surface area contributed by atoms with Crippen molar-refractivity contribution in [2.75, 3.05) is 11.4 Å². The molecule has 0 spiro atoms. The molecule has 1 aliphatic heterocycles. The van der Waals surface area contributed by atoms with Crippen LogP contribution in [-0.2, 0) is 10.0 Å². The molecule has 0 radical (unpaired) electrons. The number of sulfonamides is 1. The number of anilines is 1. The van der Waals surface area contributed by atoms with Crippen LogP contribution in [0, 0.1) is 13.8 Å². The number of amidine groups is 1. The van der Waals surface area contributed by atoms with E-state index >= 15 is 0 Å². The van der Waals surface area contributed by atoms with Gasteiger partial charge in [0.05, 0.1) is 16.1 Å². The van der Waals surface area contributed by atoms with Gasteiger partial charge in [-0.2, -0.15) is 5.11 Å². The smallest absolute Gasteiger partial charge is 0.261 e. The third kappa shape index (κ3) is 3.63. The minimum absolute atomic E-state index is 0.0265. The number of aliphatic imine (C=N–C) groups is 1. The average Bonchev–Trinajstić information content (AvgIpc) is 3.10. The third-order valence-corrected chi connectivity index (χ3v) is 5.03. The van der Waals surface area contributed by atoms with E-state index in [2.05, 4.69) is 19.9 Å². The molecule has 7 nitrogen and oxygen atoms in total. The zero-order valence-corrected chi connectivity index (χ0v) is 14.5. The molecule has 0 saturated heterocycles. The maximum Gasteiger partial charge on any atom is 0.261 e. The van der Waals surface area contributed by atoms with Crippen LogP contribution in [0.4, 0.5) is 5.69 Å². The number of carbonyl (C=O) groups is 1. The average molecular weight is 356 g/mol. The molecule has 0 unspecified atom stereocenters. The maximum absolute atomic E-state index is 12.6. The van der Waals surface area contributed by atoms with Crippen molar-refractivity contribution < 1.29 is 13.2 Å². The molecule has 1 N–H and O–H groups in total. The van der Waals surface area contributed by atoms with E-state index in [4.69, 9.17) is 0 Å². The Labute approximate surface area is 145 Å². The summed E-state index contributed by atoms with van der Waals surface area (Å²) in [5, 5.41) is 7.35. The van der Waals surface area contributed by atoms with Crippen LogP contribution in [-0.4, -0.2) is 26.7 Å². The summed E-state index contributed by atoms with van der Waals surface area (Å²) >= 11 is 0. The lowest BCUT2D eigenvalue weighted by Gasteiger charge is -2.12. The highest BCUT2D eigenvalue weighted by Crippen LogP contribution is 2.23. The molecule has 25 heavy (non-hydrogen) atoms. The Morgan fingerprint density at radius 3 is 2.36 bits per heavy atom. The van der Waals surface area contributed by atoms with Crippen molar-refractivity contribution in [3.05, 3.63) is 59.2 Å². The standard InChI is InChI=1S/C17H16N4O3S/c1-11-3-6-13(7-4-11)25(23,24)21-15-8-5-12(2)9-14(15)16(22)17-18-10-19-20-17/h3-9,21H,10H2,1-2H3. The summed E-state index contributed by atoms with van der Waals surface area (Å²) in [6, 6.07) is 11.3. The highest BCUT2D eigenvalue weighted by Gasteiger charge is 2.23. The molecule has 2 aromatic rings. The Morgan fingerprint density at radius 2 is 1.72 bits per heavy atom. The van der Waals surface area contributed by atoms with Crippen LogP contribution >= 0.6 is 0 Å². The summed E-state index contributed by atoms with van der Waals surface area (Å²) in [6.07, 6.45) is 0. The SMILES string of the molecule is Cc1ccc(S(=O)(=O)Nc2ccc(C)cc2C(=O)C2=NCN=N2)cc1. The first kappa shape index (κ1) is 17.0. The van der Waals surface area contributed by atoms with E-state index in [1.54, 1.807) is 30.3 Å². The quantitative estimate of drug-likeness (QED) is 0.833. The van der Waals surface area contributed by atoms with E-state index in [1.165, 1.54) is 12.1 Å². The van der Waals surface area contributed by atoms with E-state index < -0.39 is 15.8 Å². The fourth-order valence-electron chi connectivity index (χ4n) is 2.32. The number of rotatable bonds is 5. The predicted molar refractivity (Wildman–Crippen MR) is 94.7 cm³/mol. The number of benzene rings is 2. The summed E-state index contributed by atoms with van der Waals surface area (Å²) in [5.41, 5.74) is 2.14. The first-order chi connectivity index (χ1) is 11.9. The Balaban J connectivity index is 1.98. The number of Topliss-reactive ketones (excluding diaryl/α,β-unsaturated/α-hetero) is 1. The second-order valence-electron chi connectivity index (χ2n) is 5.66. The lowest BCUT2D eigenvalue weighted by Crippen LogP contribution is -2.18. The number of nitrogens with zero attached hydrogens (tertiary/aromatic N) is 3. The summed E-state index contributed by atoms with van der Waals surface area (Å²) in [4.78, 5) is 16.6. The van der Waals surface area contributed by atoms with Gasteiger partial charge in [-0.1, -0.05) is 29.3 Å². The van der Waals surface area contributed by atoms with Crippen LogP contribution in [0.15, 0.2) is 62.6 Å². The first-order valence-corrected chi connectivity index (χ1v) is 9.02. The Kier molecular flexibility index (Phi) is 4.45. The molecule has 0 fully saturated rings. The number of aryl methyl sites for hydroxylation is 2. The van der Waals surface area contributed by atoms with Crippen LogP contribution < -0.4 is 4.72 Å². The molecule has 3 rings (SSSR count). The number of carbonyl (C=O) groups excluding carboxylic acids is 1. The van der Waals surface area contributed by atoms with Gasteiger partial charge in [0, 0.05) is 0 Å². The molecular weight excluding hydrogens is 340 g/mol. The van der Waals surface area contributed by atoms with Gasteiger partial charge in [0.25, 0.3) is 10.0 Å². The molecule has 1 heterocycles. The summed E-state index contributed by atoms with van der Waals surface area (Å²) in [7, 11) is -3.82. The van der Waals surface area contributed by atoms with Crippen LogP contribution in [0.1, 0.15) is 21.5 Å². The number of nitrogens with one attached hydrogen (secondary N) is 1. The van der Waals surface area contributed by atoms with E-state index in [-0.39, 0.29) is 28.7 Å². The van der Waals surface area contributed by atoms with Gasteiger partial charge in [0.1, 0.15) is 0 Å². The van der Waals surface area contributed by atoms with Gasteiger partial charge in [-0.05, 0) is 38.1 Å². The van der Waals surface area contributed by atoms with E-state index in [1.807, 2.05) is 13.8 Å². The van der Waals surface area contributed by atoms with Gasteiger partial charge in [0.15, 0.2) is 6.67 Å². The monoisotopic (exact) mass is 356 g/mol. The minimum atomic E-state index is -3.82. The zero-order valence-electron chi connectivity index (χ0n) is 13.7. The highest BCUT2D eigenvalue weighted by atomic mass is 32.2. The van der Waals surface area contributed by atoms with Crippen LogP contribution in [0.2, 0.25) is 0 Å². The van der Waals surface area contributed by atoms with Crippen LogP contribution in [0.25, 0.3) is 0 Å².